The van der Waals surface area contributed by atoms with Gasteiger partial charge in [0.1, 0.15) is 11.9 Å². The number of halogens is 1. The highest BCUT2D eigenvalue weighted by Gasteiger charge is 2.23. The molecule has 1 aromatic rings. The van der Waals surface area contributed by atoms with Crippen molar-refractivity contribution < 1.29 is 19.0 Å². The van der Waals surface area contributed by atoms with E-state index >= 15 is 0 Å². The van der Waals surface area contributed by atoms with Crippen molar-refractivity contribution >= 4 is 5.91 Å². The normalized spacial score (nSPS) is 20.3. The molecule has 0 aromatic heterocycles. The number of ether oxygens (including phenoxy) is 1. The Morgan fingerprint density at radius 3 is 3.05 bits per heavy atom. The third-order valence-electron chi connectivity index (χ3n) is 3.26. The van der Waals surface area contributed by atoms with Crippen molar-refractivity contribution in [1.82, 2.24) is 5.32 Å². The summed E-state index contributed by atoms with van der Waals surface area (Å²) in [5.74, 6) is -0.505. The quantitative estimate of drug-likeness (QED) is 0.868. The molecule has 1 aliphatic heterocycles. The molecule has 0 aliphatic carbocycles. The minimum Gasteiger partial charge on any atom is -0.387 e. The Labute approximate surface area is 111 Å². The molecule has 1 aliphatic rings. The monoisotopic (exact) mass is 267 g/mol. The van der Waals surface area contributed by atoms with Crippen molar-refractivity contribution in [2.75, 3.05) is 13.2 Å². The first-order valence-electron chi connectivity index (χ1n) is 6.41. The summed E-state index contributed by atoms with van der Waals surface area (Å²) in [5.41, 5.74) is 1.06. The van der Waals surface area contributed by atoms with Gasteiger partial charge in [-0.15, -0.1) is 0 Å². The molecule has 0 spiro atoms. The lowest BCUT2D eigenvalue weighted by molar-refractivity contribution is -0.130. The summed E-state index contributed by atoms with van der Waals surface area (Å²) >= 11 is 0. The maximum Gasteiger partial charge on any atom is 0.249 e. The van der Waals surface area contributed by atoms with Crippen LogP contribution in [0.15, 0.2) is 18.2 Å². The second-order valence-electron chi connectivity index (χ2n) is 4.77. The number of carbonyl (C=O) groups is 1. The molecule has 2 rings (SSSR count). The molecule has 2 atom stereocenters. The Bertz CT molecular complexity index is 458. The Hall–Kier alpha value is -1.46. The van der Waals surface area contributed by atoms with Gasteiger partial charge in [0.2, 0.25) is 5.91 Å². The van der Waals surface area contributed by atoms with Gasteiger partial charge in [-0.3, -0.25) is 4.79 Å². The molecular formula is C14H18FNO3. The number of carbonyl (C=O) groups excluding carboxylic acids is 1. The van der Waals surface area contributed by atoms with Crippen LogP contribution in [-0.4, -0.2) is 30.3 Å². The maximum absolute atomic E-state index is 13.1. The summed E-state index contributed by atoms with van der Waals surface area (Å²) in [4.78, 5) is 11.7. The van der Waals surface area contributed by atoms with Gasteiger partial charge in [0.05, 0.1) is 6.10 Å². The third-order valence-corrected chi connectivity index (χ3v) is 3.26. The van der Waals surface area contributed by atoms with Gasteiger partial charge in [-0.1, -0.05) is 12.1 Å². The zero-order valence-electron chi connectivity index (χ0n) is 10.9. The zero-order chi connectivity index (χ0) is 13.8. The lowest BCUT2D eigenvalue weighted by Crippen LogP contribution is -2.36. The van der Waals surface area contributed by atoms with Crippen LogP contribution in [0.4, 0.5) is 4.39 Å². The van der Waals surface area contributed by atoms with Crippen molar-refractivity contribution in [3.05, 3.63) is 35.1 Å². The number of aliphatic hydroxyl groups excluding tert-OH is 1. The predicted molar refractivity (Wildman–Crippen MR) is 68.1 cm³/mol. The van der Waals surface area contributed by atoms with Crippen molar-refractivity contribution in [2.24, 2.45) is 0 Å². The fourth-order valence-electron chi connectivity index (χ4n) is 2.09. The molecule has 0 bridgehead atoms. The van der Waals surface area contributed by atoms with E-state index in [1.807, 2.05) is 0 Å². The van der Waals surface area contributed by atoms with E-state index in [1.165, 1.54) is 12.1 Å². The minimum absolute atomic E-state index is 0.101. The predicted octanol–water partition coefficient (Wildman–Crippen LogP) is 1.46. The topological polar surface area (TPSA) is 58.6 Å². The van der Waals surface area contributed by atoms with Gasteiger partial charge in [-0.25, -0.2) is 4.39 Å². The number of hydrogen-bond donors (Lipinski definition) is 2. The molecule has 104 valence electrons. The van der Waals surface area contributed by atoms with E-state index in [4.69, 9.17) is 4.74 Å². The van der Waals surface area contributed by atoms with Crippen LogP contribution in [0.25, 0.3) is 0 Å². The highest BCUT2D eigenvalue weighted by Crippen LogP contribution is 2.17. The Balaban J connectivity index is 1.88. The van der Waals surface area contributed by atoms with Crippen molar-refractivity contribution in [3.8, 4) is 0 Å². The van der Waals surface area contributed by atoms with Crippen LogP contribution in [0.5, 0.6) is 0 Å². The second-order valence-corrected chi connectivity index (χ2v) is 4.77. The molecule has 1 amide bonds. The number of amides is 1. The van der Waals surface area contributed by atoms with Crippen molar-refractivity contribution in [3.63, 3.8) is 0 Å². The molecule has 1 saturated heterocycles. The van der Waals surface area contributed by atoms with E-state index in [2.05, 4.69) is 5.32 Å². The first kappa shape index (κ1) is 14.0. The standard InChI is InChI=1S/C14H18FNO3/c1-9-7-10(4-5-11(9)15)12(17)8-16-14(18)13-3-2-6-19-13/h4-5,7,12-13,17H,2-3,6,8H2,1H3,(H,16,18). The van der Waals surface area contributed by atoms with Gasteiger partial charge in [0, 0.05) is 13.2 Å². The van der Waals surface area contributed by atoms with E-state index in [9.17, 15) is 14.3 Å². The van der Waals surface area contributed by atoms with E-state index in [1.54, 1.807) is 13.0 Å². The molecule has 5 heteroatoms. The number of hydrogen-bond acceptors (Lipinski definition) is 3. The molecule has 4 nitrogen and oxygen atoms in total. The van der Waals surface area contributed by atoms with E-state index in [0.717, 1.165) is 12.8 Å². The summed E-state index contributed by atoms with van der Waals surface area (Å²) in [7, 11) is 0. The number of aliphatic hydroxyl groups is 1. The molecule has 1 heterocycles. The van der Waals surface area contributed by atoms with Gasteiger partial charge in [0.15, 0.2) is 0 Å². The van der Waals surface area contributed by atoms with E-state index in [0.29, 0.717) is 17.7 Å². The van der Waals surface area contributed by atoms with Gasteiger partial charge >= 0.3 is 0 Å². The average molecular weight is 267 g/mol. The second kappa shape index (κ2) is 6.12. The average Bonchev–Trinajstić information content (AvgIpc) is 2.92. The molecule has 19 heavy (non-hydrogen) atoms. The van der Waals surface area contributed by atoms with Crippen LogP contribution in [0.2, 0.25) is 0 Å². The number of nitrogens with one attached hydrogen (secondary N) is 1. The van der Waals surface area contributed by atoms with Gasteiger partial charge < -0.3 is 15.2 Å². The molecule has 1 fully saturated rings. The molecular weight excluding hydrogens is 249 g/mol. The Kier molecular flexibility index (Phi) is 4.50. The molecule has 2 N–H and O–H groups in total. The lowest BCUT2D eigenvalue weighted by Gasteiger charge is -2.15. The Morgan fingerprint density at radius 2 is 2.42 bits per heavy atom. The highest BCUT2D eigenvalue weighted by molar-refractivity contribution is 5.80. The van der Waals surface area contributed by atoms with Crippen molar-refractivity contribution in [2.45, 2.75) is 32.0 Å². The van der Waals surface area contributed by atoms with Crippen molar-refractivity contribution in [1.29, 1.82) is 0 Å². The highest BCUT2D eigenvalue weighted by atomic mass is 19.1. The summed E-state index contributed by atoms with van der Waals surface area (Å²) in [5, 5.41) is 12.6. The lowest BCUT2D eigenvalue weighted by atomic mass is 10.1. The molecule has 0 radical (unpaired) electrons. The summed E-state index contributed by atoms with van der Waals surface area (Å²) in [6, 6.07) is 4.42. The fourth-order valence-corrected chi connectivity index (χ4v) is 2.09. The molecule has 2 unspecified atom stereocenters. The zero-order valence-corrected chi connectivity index (χ0v) is 10.9. The first-order valence-corrected chi connectivity index (χ1v) is 6.41. The van der Waals surface area contributed by atoms with Crippen LogP contribution < -0.4 is 5.32 Å². The summed E-state index contributed by atoms with van der Waals surface area (Å²) in [6.45, 7) is 2.35. The first-order chi connectivity index (χ1) is 9.08. The maximum atomic E-state index is 13.1. The smallest absolute Gasteiger partial charge is 0.249 e. The molecule has 1 aromatic carbocycles. The van der Waals surface area contributed by atoms with E-state index < -0.39 is 12.2 Å². The summed E-state index contributed by atoms with van der Waals surface area (Å²) in [6.07, 6.45) is 0.363. The number of benzene rings is 1. The Morgan fingerprint density at radius 1 is 1.63 bits per heavy atom. The van der Waals surface area contributed by atoms with Gasteiger partial charge in [0.25, 0.3) is 0 Å². The number of aryl methyl sites for hydroxylation is 1. The SMILES string of the molecule is Cc1cc(C(O)CNC(=O)C2CCCO2)ccc1F. The van der Waals surface area contributed by atoms with Crippen LogP contribution >= 0.6 is 0 Å². The van der Waals surface area contributed by atoms with Gasteiger partial charge in [-0.2, -0.15) is 0 Å². The summed E-state index contributed by atoms with van der Waals surface area (Å²) < 4.78 is 18.4. The fraction of sp³-hybridized carbons (Fsp3) is 0.500. The minimum atomic E-state index is -0.843. The van der Waals surface area contributed by atoms with Crippen LogP contribution in [-0.2, 0) is 9.53 Å². The van der Waals surface area contributed by atoms with Crippen LogP contribution in [0.3, 0.4) is 0 Å². The largest absolute Gasteiger partial charge is 0.387 e. The van der Waals surface area contributed by atoms with E-state index in [-0.39, 0.29) is 18.3 Å². The van der Waals surface area contributed by atoms with Crippen LogP contribution in [0.1, 0.15) is 30.1 Å². The van der Waals surface area contributed by atoms with Crippen LogP contribution in [0, 0.1) is 12.7 Å². The van der Waals surface area contributed by atoms with Gasteiger partial charge in [-0.05, 0) is 37.0 Å². The number of rotatable bonds is 4. The molecule has 0 saturated carbocycles. The third kappa shape index (κ3) is 3.52.